The van der Waals surface area contributed by atoms with Crippen molar-refractivity contribution in [3.05, 3.63) is 12.7 Å². The van der Waals surface area contributed by atoms with Crippen molar-refractivity contribution in [3.63, 3.8) is 0 Å². The molecule has 0 bridgehead atoms. The highest BCUT2D eigenvalue weighted by Gasteiger charge is 2.21. The Kier molecular flexibility index (Phi) is 3.95. The summed E-state index contributed by atoms with van der Waals surface area (Å²) in [6, 6.07) is 0. The van der Waals surface area contributed by atoms with Gasteiger partial charge in [0.25, 0.3) is 0 Å². The second kappa shape index (κ2) is 4.78. The van der Waals surface area contributed by atoms with Gasteiger partial charge in [-0.3, -0.25) is 0 Å². The van der Waals surface area contributed by atoms with Crippen molar-refractivity contribution in [3.8, 4) is 0 Å². The van der Waals surface area contributed by atoms with Gasteiger partial charge in [0, 0.05) is 12.4 Å². The number of halogens is 1. The molecule has 1 nitrogen and oxygen atoms in total. The van der Waals surface area contributed by atoms with E-state index in [2.05, 4.69) is 18.0 Å². The predicted octanol–water partition coefficient (Wildman–Crippen LogP) is 2.03. The lowest BCUT2D eigenvalue weighted by atomic mass is 9.85. The Morgan fingerprint density at radius 1 is 1.64 bits per heavy atom. The van der Waals surface area contributed by atoms with Crippen molar-refractivity contribution >= 4 is 11.6 Å². The largest absolute Gasteiger partial charge is 0.316 e. The van der Waals surface area contributed by atoms with Gasteiger partial charge in [0.1, 0.15) is 0 Å². The Morgan fingerprint density at radius 3 is 3.09 bits per heavy atom. The maximum Gasteiger partial charge on any atom is 0.0226 e. The lowest BCUT2D eigenvalue weighted by Gasteiger charge is -2.29. The van der Waals surface area contributed by atoms with Crippen LogP contribution in [0.4, 0.5) is 0 Å². The van der Waals surface area contributed by atoms with E-state index in [0.29, 0.717) is 5.92 Å². The summed E-state index contributed by atoms with van der Waals surface area (Å²) >= 11 is 5.70. The monoisotopic (exact) mass is 173 g/mol. The van der Waals surface area contributed by atoms with Crippen molar-refractivity contribution in [2.45, 2.75) is 12.8 Å². The molecular formula is C9H16ClN. The second-order valence-corrected chi connectivity index (χ2v) is 3.51. The Balaban J connectivity index is 2.37. The molecule has 0 amide bonds. The maximum absolute atomic E-state index is 5.70. The third-order valence-electron chi connectivity index (χ3n) is 2.46. The number of piperidine rings is 1. The summed E-state index contributed by atoms with van der Waals surface area (Å²) in [5.41, 5.74) is 0. The fourth-order valence-electron chi connectivity index (χ4n) is 1.71. The molecule has 2 heteroatoms. The molecule has 64 valence electrons. The fourth-order valence-corrected chi connectivity index (χ4v) is 1.99. The predicted molar refractivity (Wildman–Crippen MR) is 50.0 cm³/mol. The third kappa shape index (κ3) is 2.49. The van der Waals surface area contributed by atoms with Crippen LogP contribution in [-0.4, -0.2) is 19.0 Å². The first kappa shape index (κ1) is 9.08. The topological polar surface area (TPSA) is 12.0 Å². The summed E-state index contributed by atoms with van der Waals surface area (Å²) in [4.78, 5) is 0. The number of nitrogens with one attached hydrogen (secondary N) is 1. The Hall–Kier alpha value is -0.0100. The van der Waals surface area contributed by atoms with Crippen LogP contribution in [0, 0.1) is 11.8 Å². The van der Waals surface area contributed by atoms with Gasteiger partial charge in [-0.05, 0) is 31.2 Å². The highest BCUT2D eigenvalue weighted by Crippen LogP contribution is 2.23. The molecule has 0 aromatic heterocycles. The van der Waals surface area contributed by atoms with Crippen LogP contribution in [0.5, 0.6) is 0 Å². The van der Waals surface area contributed by atoms with Crippen LogP contribution in [0.3, 0.4) is 0 Å². The van der Waals surface area contributed by atoms with Gasteiger partial charge in [-0.25, -0.2) is 0 Å². The van der Waals surface area contributed by atoms with E-state index in [1.54, 1.807) is 0 Å². The molecule has 1 saturated heterocycles. The Morgan fingerprint density at radius 2 is 2.45 bits per heavy atom. The smallest absolute Gasteiger partial charge is 0.0226 e. The molecule has 0 aromatic carbocycles. The van der Waals surface area contributed by atoms with Crippen molar-refractivity contribution in [1.82, 2.24) is 5.32 Å². The van der Waals surface area contributed by atoms with E-state index in [4.69, 9.17) is 11.6 Å². The van der Waals surface area contributed by atoms with Gasteiger partial charge in [0.05, 0.1) is 0 Å². The number of alkyl halides is 1. The fraction of sp³-hybridized carbons (Fsp3) is 0.778. The van der Waals surface area contributed by atoms with Gasteiger partial charge in [0.15, 0.2) is 0 Å². The first-order valence-corrected chi connectivity index (χ1v) is 4.81. The van der Waals surface area contributed by atoms with Gasteiger partial charge in [-0.1, -0.05) is 6.08 Å². The number of hydrogen-bond acceptors (Lipinski definition) is 1. The van der Waals surface area contributed by atoms with Crippen LogP contribution in [-0.2, 0) is 0 Å². The van der Waals surface area contributed by atoms with Crippen molar-refractivity contribution < 1.29 is 0 Å². The van der Waals surface area contributed by atoms with Crippen molar-refractivity contribution in [2.24, 2.45) is 11.8 Å². The van der Waals surface area contributed by atoms with Gasteiger partial charge in [0.2, 0.25) is 0 Å². The zero-order valence-corrected chi connectivity index (χ0v) is 7.61. The lowest BCUT2D eigenvalue weighted by Crippen LogP contribution is -2.35. The van der Waals surface area contributed by atoms with E-state index < -0.39 is 0 Å². The standard InChI is InChI=1S/C9H16ClN/c1-2-8-7-11-6-4-9(8)3-5-10/h2,8-9,11H,1,3-7H2. The summed E-state index contributed by atoms with van der Waals surface area (Å²) in [5, 5.41) is 3.36. The molecule has 2 atom stereocenters. The lowest BCUT2D eigenvalue weighted by molar-refractivity contribution is 0.295. The van der Waals surface area contributed by atoms with E-state index in [9.17, 15) is 0 Å². The molecule has 1 heterocycles. The van der Waals surface area contributed by atoms with E-state index in [0.717, 1.165) is 31.3 Å². The minimum Gasteiger partial charge on any atom is -0.316 e. The minimum absolute atomic E-state index is 0.641. The molecule has 0 radical (unpaired) electrons. The first-order chi connectivity index (χ1) is 5.38. The Labute approximate surface area is 73.8 Å². The number of hydrogen-bond donors (Lipinski definition) is 1. The summed E-state index contributed by atoms with van der Waals surface area (Å²) in [6.07, 6.45) is 4.45. The minimum atomic E-state index is 0.641. The molecule has 2 unspecified atom stereocenters. The van der Waals surface area contributed by atoms with Crippen LogP contribution in [0.2, 0.25) is 0 Å². The molecule has 1 N–H and O–H groups in total. The average Bonchev–Trinajstić information content (AvgIpc) is 2.06. The van der Waals surface area contributed by atoms with Crippen LogP contribution in [0.25, 0.3) is 0 Å². The quantitative estimate of drug-likeness (QED) is 0.509. The SMILES string of the molecule is C=CC1CNCCC1CCCl. The average molecular weight is 174 g/mol. The molecule has 11 heavy (non-hydrogen) atoms. The molecule has 0 spiro atoms. The molecule has 0 aromatic rings. The zero-order chi connectivity index (χ0) is 8.10. The molecule has 0 saturated carbocycles. The van der Waals surface area contributed by atoms with Gasteiger partial charge in [-0.15, -0.1) is 18.2 Å². The highest BCUT2D eigenvalue weighted by atomic mass is 35.5. The molecule has 0 aliphatic carbocycles. The van der Waals surface area contributed by atoms with Gasteiger partial charge < -0.3 is 5.32 Å². The normalized spacial score (nSPS) is 31.7. The first-order valence-electron chi connectivity index (χ1n) is 4.27. The van der Waals surface area contributed by atoms with Crippen molar-refractivity contribution in [2.75, 3.05) is 19.0 Å². The van der Waals surface area contributed by atoms with E-state index in [-0.39, 0.29) is 0 Å². The van der Waals surface area contributed by atoms with Crippen LogP contribution >= 0.6 is 11.6 Å². The highest BCUT2D eigenvalue weighted by molar-refractivity contribution is 6.17. The van der Waals surface area contributed by atoms with E-state index in [1.165, 1.54) is 6.42 Å². The maximum atomic E-state index is 5.70. The summed E-state index contributed by atoms with van der Waals surface area (Å²) in [5.74, 6) is 2.20. The van der Waals surface area contributed by atoms with Crippen LogP contribution in [0.15, 0.2) is 12.7 Å². The van der Waals surface area contributed by atoms with Gasteiger partial charge >= 0.3 is 0 Å². The summed E-state index contributed by atoms with van der Waals surface area (Å²) in [6.45, 7) is 6.07. The molecule has 1 aliphatic heterocycles. The third-order valence-corrected chi connectivity index (χ3v) is 2.68. The van der Waals surface area contributed by atoms with E-state index in [1.807, 2.05) is 0 Å². The van der Waals surface area contributed by atoms with Crippen LogP contribution < -0.4 is 5.32 Å². The summed E-state index contributed by atoms with van der Waals surface area (Å²) < 4.78 is 0. The molecular weight excluding hydrogens is 158 g/mol. The second-order valence-electron chi connectivity index (χ2n) is 3.13. The van der Waals surface area contributed by atoms with E-state index >= 15 is 0 Å². The zero-order valence-electron chi connectivity index (χ0n) is 6.85. The molecule has 1 rings (SSSR count). The van der Waals surface area contributed by atoms with Crippen LogP contribution in [0.1, 0.15) is 12.8 Å². The summed E-state index contributed by atoms with van der Waals surface area (Å²) in [7, 11) is 0. The Bertz CT molecular complexity index is 123. The van der Waals surface area contributed by atoms with Crippen molar-refractivity contribution in [1.29, 1.82) is 0 Å². The number of rotatable bonds is 3. The molecule has 1 aliphatic rings. The van der Waals surface area contributed by atoms with Gasteiger partial charge in [-0.2, -0.15) is 0 Å². The molecule has 1 fully saturated rings.